The summed E-state index contributed by atoms with van der Waals surface area (Å²) >= 11 is 0. The van der Waals surface area contributed by atoms with Crippen LogP contribution in [-0.2, 0) is 6.54 Å². The van der Waals surface area contributed by atoms with E-state index in [0.717, 1.165) is 6.54 Å². The maximum atomic E-state index is 9.59. The molecule has 72 valence electrons. The molecule has 0 unspecified atom stereocenters. The fourth-order valence-electron chi connectivity index (χ4n) is 1.35. The number of rotatable bonds is 2. The zero-order valence-corrected chi connectivity index (χ0v) is 7.88. The molecule has 0 spiro atoms. The average Bonchev–Trinajstić information content (AvgIpc) is 2.66. The van der Waals surface area contributed by atoms with Crippen LogP contribution in [-0.4, -0.2) is 19.6 Å². The van der Waals surface area contributed by atoms with Crippen LogP contribution in [0.4, 0.5) is 0 Å². The van der Waals surface area contributed by atoms with Gasteiger partial charge in [-0.25, -0.2) is 9.97 Å². The van der Waals surface area contributed by atoms with E-state index in [4.69, 9.17) is 0 Å². The lowest BCUT2D eigenvalue weighted by Gasteiger charge is -2.04. The van der Waals surface area contributed by atoms with Crippen LogP contribution in [0.5, 0.6) is 5.75 Å². The van der Waals surface area contributed by atoms with Crippen LogP contribution < -0.4 is 0 Å². The smallest absolute Gasteiger partial charge is 0.162 e. The summed E-state index contributed by atoms with van der Waals surface area (Å²) in [6, 6.07) is 3.30. The molecule has 4 heteroatoms. The van der Waals surface area contributed by atoms with Gasteiger partial charge < -0.3 is 9.67 Å². The van der Waals surface area contributed by atoms with Crippen molar-refractivity contribution in [3.8, 4) is 17.3 Å². The van der Waals surface area contributed by atoms with Crippen molar-refractivity contribution >= 4 is 0 Å². The van der Waals surface area contributed by atoms with Crippen molar-refractivity contribution in [2.45, 2.75) is 13.5 Å². The van der Waals surface area contributed by atoms with Crippen LogP contribution in [0.25, 0.3) is 11.5 Å². The number of aromatic hydroxyl groups is 1. The molecule has 0 aliphatic heterocycles. The largest absolute Gasteiger partial charge is 0.506 e. The molecule has 2 rings (SSSR count). The number of hydrogen-bond acceptors (Lipinski definition) is 3. The average molecular weight is 189 g/mol. The molecule has 0 radical (unpaired) electrons. The minimum absolute atomic E-state index is 0.161. The number of hydrogen-bond donors (Lipinski definition) is 1. The van der Waals surface area contributed by atoms with Crippen LogP contribution in [0.15, 0.2) is 30.7 Å². The van der Waals surface area contributed by atoms with E-state index >= 15 is 0 Å². The fraction of sp³-hybridized carbons (Fsp3) is 0.200. The number of aryl methyl sites for hydroxylation is 1. The van der Waals surface area contributed by atoms with Gasteiger partial charge in [0.05, 0.1) is 0 Å². The van der Waals surface area contributed by atoms with E-state index in [1.165, 1.54) is 0 Å². The standard InChI is InChI=1S/C10H11N3O/c1-2-13-7-6-12-10(13)9-8(14)4-3-5-11-9/h3-7,14H,2H2,1H3. The molecule has 0 fully saturated rings. The molecule has 4 nitrogen and oxygen atoms in total. The van der Waals surface area contributed by atoms with Gasteiger partial charge in [-0.05, 0) is 19.1 Å². The Morgan fingerprint density at radius 1 is 1.36 bits per heavy atom. The molecule has 2 aromatic rings. The van der Waals surface area contributed by atoms with E-state index in [-0.39, 0.29) is 5.75 Å². The molecule has 1 N–H and O–H groups in total. The molecule has 0 amide bonds. The van der Waals surface area contributed by atoms with Gasteiger partial charge in [-0.15, -0.1) is 0 Å². The summed E-state index contributed by atoms with van der Waals surface area (Å²) in [5, 5.41) is 9.59. The van der Waals surface area contributed by atoms with Crippen molar-refractivity contribution in [3.05, 3.63) is 30.7 Å². The fourth-order valence-corrected chi connectivity index (χ4v) is 1.35. The van der Waals surface area contributed by atoms with Crippen molar-refractivity contribution in [2.75, 3.05) is 0 Å². The lowest BCUT2D eigenvalue weighted by molar-refractivity contribution is 0.474. The van der Waals surface area contributed by atoms with Crippen molar-refractivity contribution in [3.63, 3.8) is 0 Å². The SMILES string of the molecule is CCn1ccnc1-c1ncccc1O. The van der Waals surface area contributed by atoms with Crippen LogP contribution in [0, 0.1) is 0 Å². The first kappa shape index (κ1) is 8.74. The van der Waals surface area contributed by atoms with Gasteiger partial charge in [-0.1, -0.05) is 0 Å². The number of pyridine rings is 1. The number of aromatic nitrogens is 3. The summed E-state index contributed by atoms with van der Waals surface area (Å²) in [6.45, 7) is 2.83. The normalized spacial score (nSPS) is 10.4. The van der Waals surface area contributed by atoms with Gasteiger partial charge in [0, 0.05) is 25.1 Å². The highest BCUT2D eigenvalue weighted by Crippen LogP contribution is 2.24. The summed E-state index contributed by atoms with van der Waals surface area (Å²) in [4.78, 5) is 8.25. The van der Waals surface area contributed by atoms with Gasteiger partial charge in [0.1, 0.15) is 11.4 Å². The Hall–Kier alpha value is -1.84. The quantitative estimate of drug-likeness (QED) is 0.781. The lowest BCUT2D eigenvalue weighted by Crippen LogP contribution is -1.97. The molecule has 0 aliphatic carbocycles. The second-order valence-electron chi connectivity index (χ2n) is 2.91. The van der Waals surface area contributed by atoms with Crippen molar-refractivity contribution in [1.82, 2.24) is 14.5 Å². The molecule has 0 aliphatic rings. The Labute approximate surface area is 81.9 Å². The first-order valence-corrected chi connectivity index (χ1v) is 4.48. The minimum atomic E-state index is 0.161. The molecule has 0 bridgehead atoms. The molecule has 0 saturated carbocycles. The first-order chi connectivity index (χ1) is 6.83. The summed E-state index contributed by atoms with van der Waals surface area (Å²) in [5.74, 6) is 0.860. The van der Waals surface area contributed by atoms with E-state index in [1.54, 1.807) is 24.5 Å². The van der Waals surface area contributed by atoms with Gasteiger partial charge in [-0.2, -0.15) is 0 Å². The highest BCUT2D eigenvalue weighted by molar-refractivity contribution is 5.58. The predicted molar refractivity (Wildman–Crippen MR) is 52.8 cm³/mol. The zero-order chi connectivity index (χ0) is 9.97. The van der Waals surface area contributed by atoms with Gasteiger partial charge in [0.15, 0.2) is 5.82 Å². The maximum Gasteiger partial charge on any atom is 0.162 e. The summed E-state index contributed by atoms with van der Waals surface area (Å²) in [6.07, 6.45) is 5.21. The van der Waals surface area contributed by atoms with Crippen molar-refractivity contribution < 1.29 is 5.11 Å². The van der Waals surface area contributed by atoms with E-state index in [1.807, 2.05) is 17.7 Å². The molecule has 2 aromatic heterocycles. The molecular formula is C10H11N3O. The minimum Gasteiger partial charge on any atom is -0.506 e. The molecule has 0 saturated heterocycles. The predicted octanol–water partition coefficient (Wildman–Crippen LogP) is 1.67. The topological polar surface area (TPSA) is 50.9 Å². The molecule has 2 heterocycles. The van der Waals surface area contributed by atoms with Gasteiger partial charge in [0.25, 0.3) is 0 Å². The molecule has 14 heavy (non-hydrogen) atoms. The Morgan fingerprint density at radius 2 is 2.21 bits per heavy atom. The van der Waals surface area contributed by atoms with Gasteiger partial charge >= 0.3 is 0 Å². The Morgan fingerprint density at radius 3 is 2.93 bits per heavy atom. The zero-order valence-electron chi connectivity index (χ0n) is 7.88. The second-order valence-corrected chi connectivity index (χ2v) is 2.91. The first-order valence-electron chi connectivity index (χ1n) is 4.48. The number of nitrogens with zero attached hydrogens (tertiary/aromatic N) is 3. The Bertz CT molecular complexity index is 436. The second kappa shape index (κ2) is 3.49. The van der Waals surface area contributed by atoms with Gasteiger partial charge in [0.2, 0.25) is 0 Å². The highest BCUT2D eigenvalue weighted by atomic mass is 16.3. The summed E-state index contributed by atoms with van der Waals surface area (Å²) < 4.78 is 1.93. The molecule has 0 aromatic carbocycles. The van der Waals surface area contributed by atoms with Crippen molar-refractivity contribution in [2.24, 2.45) is 0 Å². The monoisotopic (exact) mass is 189 g/mol. The Kier molecular flexibility index (Phi) is 2.18. The summed E-state index contributed by atoms with van der Waals surface area (Å²) in [7, 11) is 0. The molecule has 0 atom stereocenters. The maximum absolute atomic E-state index is 9.59. The van der Waals surface area contributed by atoms with Crippen LogP contribution in [0.1, 0.15) is 6.92 Å². The van der Waals surface area contributed by atoms with E-state index in [0.29, 0.717) is 11.5 Å². The van der Waals surface area contributed by atoms with E-state index in [2.05, 4.69) is 9.97 Å². The van der Waals surface area contributed by atoms with Crippen molar-refractivity contribution in [1.29, 1.82) is 0 Å². The van der Waals surface area contributed by atoms with Crippen LogP contribution >= 0.6 is 0 Å². The van der Waals surface area contributed by atoms with Crippen LogP contribution in [0.3, 0.4) is 0 Å². The molecular weight excluding hydrogens is 178 g/mol. The third-order valence-electron chi connectivity index (χ3n) is 2.05. The lowest BCUT2D eigenvalue weighted by atomic mass is 10.3. The Balaban J connectivity index is 2.54. The third kappa shape index (κ3) is 1.35. The third-order valence-corrected chi connectivity index (χ3v) is 2.05. The summed E-state index contributed by atoms with van der Waals surface area (Å²) in [5.41, 5.74) is 0.527. The number of imidazole rings is 1. The van der Waals surface area contributed by atoms with E-state index < -0.39 is 0 Å². The highest BCUT2D eigenvalue weighted by Gasteiger charge is 2.09. The van der Waals surface area contributed by atoms with E-state index in [9.17, 15) is 5.11 Å². The van der Waals surface area contributed by atoms with Crippen LogP contribution in [0.2, 0.25) is 0 Å². The van der Waals surface area contributed by atoms with Gasteiger partial charge in [-0.3, -0.25) is 0 Å².